The first kappa shape index (κ1) is 22.4. The molecule has 0 amide bonds. The van der Waals surface area contributed by atoms with Crippen LogP contribution >= 0.6 is 0 Å². The molecule has 0 aliphatic rings. The molecule has 0 aliphatic carbocycles. The Balaban J connectivity index is 3.59. The van der Waals surface area contributed by atoms with Crippen molar-refractivity contribution in [2.24, 2.45) is 11.3 Å². The van der Waals surface area contributed by atoms with Crippen molar-refractivity contribution >= 4 is 5.97 Å². The maximum atomic E-state index is 10.4. The van der Waals surface area contributed by atoms with E-state index < -0.39 is 11.4 Å². The average Bonchev–Trinajstić information content (AvgIpc) is 2.55. The van der Waals surface area contributed by atoms with Crippen LogP contribution in [0.15, 0.2) is 0 Å². The van der Waals surface area contributed by atoms with Gasteiger partial charge >= 0.3 is 5.97 Å². The van der Waals surface area contributed by atoms with E-state index in [4.69, 9.17) is 5.11 Å². The summed E-state index contributed by atoms with van der Waals surface area (Å²) in [4.78, 5) is 10.4. The van der Waals surface area contributed by atoms with Crippen molar-refractivity contribution in [3.63, 3.8) is 0 Å². The fourth-order valence-electron chi connectivity index (χ4n) is 2.95. The summed E-state index contributed by atoms with van der Waals surface area (Å²) in [7, 11) is 0. The Labute approximate surface area is 140 Å². The van der Waals surface area contributed by atoms with Crippen LogP contribution in [0.2, 0.25) is 0 Å². The van der Waals surface area contributed by atoms with Gasteiger partial charge in [0, 0.05) is 18.4 Å². The Kier molecular flexibility index (Phi) is 13.4. The SMILES string of the molecule is CC(CO)C(CO)(CO)CCCCCCCCCCCC(=O)O. The minimum Gasteiger partial charge on any atom is -0.481 e. The number of carboxylic acids is 1. The molecule has 0 aromatic carbocycles. The van der Waals surface area contributed by atoms with Gasteiger partial charge in [-0.05, 0) is 18.8 Å². The summed E-state index contributed by atoms with van der Waals surface area (Å²) in [6.45, 7) is 1.70. The van der Waals surface area contributed by atoms with Gasteiger partial charge in [0.2, 0.25) is 0 Å². The molecule has 4 N–H and O–H groups in total. The molecule has 1 atom stereocenters. The van der Waals surface area contributed by atoms with Crippen LogP contribution in [0.3, 0.4) is 0 Å². The van der Waals surface area contributed by atoms with E-state index in [2.05, 4.69) is 0 Å². The second-order valence-corrected chi connectivity index (χ2v) is 6.84. The molecule has 0 saturated carbocycles. The highest BCUT2D eigenvalue weighted by Crippen LogP contribution is 2.33. The summed E-state index contributed by atoms with van der Waals surface area (Å²) < 4.78 is 0. The predicted octanol–water partition coefficient (Wildman–Crippen LogP) is 2.96. The Hall–Kier alpha value is -0.650. The van der Waals surface area contributed by atoms with E-state index in [0.717, 1.165) is 44.9 Å². The molecule has 0 heterocycles. The van der Waals surface area contributed by atoms with E-state index in [0.29, 0.717) is 0 Å². The fourth-order valence-corrected chi connectivity index (χ4v) is 2.95. The highest BCUT2D eigenvalue weighted by molar-refractivity contribution is 5.66. The number of unbranched alkanes of at least 4 members (excludes halogenated alkanes) is 8. The summed E-state index contributed by atoms with van der Waals surface area (Å²) in [5.74, 6) is -0.800. The highest BCUT2D eigenvalue weighted by Gasteiger charge is 2.34. The van der Waals surface area contributed by atoms with E-state index >= 15 is 0 Å². The molecule has 0 saturated heterocycles. The summed E-state index contributed by atoms with van der Waals surface area (Å²) in [5, 5.41) is 36.9. The molecule has 0 rings (SSSR count). The van der Waals surface area contributed by atoms with Crippen molar-refractivity contribution in [3.05, 3.63) is 0 Å². The lowest BCUT2D eigenvalue weighted by atomic mass is 9.74. The van der Waals surface area contributed by atoms with Gasteiger partial charge in [-0.3, -0.25) is 4.79 Å². The predicted molar refractivity (Wildman–Crippen MR) is 91.3 cm³/mol. The zero-order valence-corrected chi connectivity index (χ0v) is 14.7. The second-order valence-electron chi connectivity index (χ2n) is 6.84. The van der Waals surface area contributed by atoms with Crippen LogP contribution in [0.4, 0.5) is 0 Å². The van der Waals surface area contributed by atoms with E-state index in [1.165, 1.54) is 19.3 Å². The lowest BCUT2D eigenvalue weighted by Crippen LogP contribution is -2.38. The van der Waals surface area contributed by atoms with Crippen LogP contribution in [0, 0.1) is 11.3 Å². The van der Waals surface area contributed by atoms with Crippen LogP contribution in [0.1, 0.15) is 77.6 Å². The molecule has 1 unspecified atom stereocenters. The third-order valence-electron chi connectivity index (χ3n) is 5.01. The van der Waals surface area contributed by atoms with E-state index in [-0.39, 0.29) is 32.2 Å². The normalized spacial score (nSPS) is 13.2. The lowest BCUT2D eigenvalue weighted by molar-refractivity contribution is -0.137. The molecule has 0 bridgehead atoms. The van der Waals surface area contributed by atoms with Gasteiger partial charge in [-0.15, -0.1) is 0 Å². The molecule has 0 spiro atoms. The fraction of sp³-hybridized carbons (Fsp3) is 0.944. The number of rotatable bonds is 16. The van der Waals surface area contributed by atoms with Crippen molar-refractivity contribution in [1.29, 1.82) is 0 Å². The van der Waals surface area contributed by atoms with Gasteiger partial charge in [0.15, 0.2) is 0 Å². The van der Waals surface area contributed by atoms with Crippen LogP contribution in [0.25, 0.3) is 0 Å². The van der Waals surface area contributed by atoms with Gasteiger partial charge in [0.25, 0.3) is 0 Å². The first-order valence-electron chi connectivity index (χ1n) is 9.06. The molecular formula is C18H36O5. The van der Waals surface area contributed by atoms with E-state index in [1.807, 2.05) is 6.92 Å². The van der Waals surface area contributed by atoms with Gasteiger partial charge in [-0.25, -0.2) is 0 Å². The molecule has 0 aliphatic heterocycles. The third kappa shape index (κ3) is 9.95. The van der Waals surface area contributed by atoms with E-state index in [9.17, 15) is 20.1 Å². The van der Waals surface area contributed by atoms with Crippen LogP contribution in [0.5, 0.6) is 0 Å². The zero-order chi connectivity index (χ0) is 17.6. The third-order valence-corrected chi connectivity index (χ3v) is 5.01. The summed E-state index contributed by atoms with van der Waals surface area (Å²) in [5.41, 5.74) is -0.557. The number of carboxylic acid groups (broad SMARTS) is 1. The maximum Gasteiger partial charge on any atom is 0.303 e. The van der Waals surface area contributed by atoms with Crippen molar-refractivity contribution in [2.75, 3.05) is 19.8 Å². The van der Waals surface area contributed by atoms with Crippen molar-refractivity contribution < 1.29 is 25.2 Å². The number of carbonyl (C=O) groups is 1. The van der Waals surface area contributed by atoms with Gasteiger partial charge in [0.1, 0.15) is 0 Å². The molecule has 23 heavy (non-hydrogen) atoms. The Bertz CT molecular complexity index is 289. The largest absolute Gasteiger partial charge is 0.481 e. The Morgan fingerprint density at radius 2 is 1.26 bits per heavy atom. The van der Waals surface area contributed by atoms with Gasteiger partial charge in [-0.1, -0.05) is 58.3 Å². The van der Waals surface area contributed by atoms with Crippen molar-refractivity contribution in [3.8, 4) is 0 Å². The maximum absolute atomic E-state index is 10.4. The minimum atomic E-state index is -0.706. The molecule has 138 valence electrons. The summed E-state index contributed by atoms with van der Waals surface area (Å²) in [6.07, 6.45) is 10.6. The standard InChI is InChI=1S/C18H36O5/c1-16(13-19)18(14-20,15-21)12-10-8-6-4-2-3-5-7-9-11-17(22)23/h16,19-21H,2-15H2,1H3,(H,22,23). The molecule has 5 nitrogen and oxygen atoms in total. The Morgan fingerprint density at radius 3 is 1.65 bits per heavy atom. The average molecular weight is 332 g/mol. The number of aliphatic hydroxyl groups excluding tert-OH is 3. The van der Waals surface area contributed by atoms with Gasteiger partial charge in [0.05, 0.1) is 13.2 Å². The van der Waals surface area contributed by atoms with Crippen molar-refractivity contribution in [1.82, 2.24) is 0 Å². The molecule has 0 aromatic rings. The first-order chi connectivity index (χ1) is 11.0. The summed E-state index contributed by atoms with van der Waals surface area (Å²) in [6, 6.07) is 0. The minimum absolute atomic E-state index is 0.0109. The van der Waals surface area contributed by atoms with Crippen LogP contribution < -0.4 is 0 Å². The lowest BCUT2D eigenvalue weighted by Gasteiger charge is -2.35. The second kappa shape index (κ2) is 13.8. The molecule has 0 aromatic heterocycles. The van der Waals surface area contributed by atoms with Crippen LogP contribution in [-0.4, -0.2) is 46.2 Å². The quantitative estimate of drug-likeness (QED) is 0.326. The molecule has 5 heteroatoms. The van der Waals surface area contributed by atoms with E-state index in [1.54, 1.807) is 0 Å². The van der Waals surface area contributed by atoms with Gasteiger partial charge in [-0.2, -0.15) is 0 Å². The number of hydrogen-bond donors (Lipinski definition) is 4. The smallest absolute Gasteiger partial charge is 0.303 e. The van der Waals surface area contributed by atoms with Gasteiger partial charge < -0.3 is 20.4 Å². The summed E-state index contributed by atoms with van der Waals surface area (Å²) >= 11 is 0. The Morgan fingerprint density at radius 1 is 0.826 bits per heavy atom. The number of aliphatic hydroxyl groups is 3. The van der Waals surface area contributed by atoms with Crippen molar-refractivity contribution in [2.45, 2.75) is 77.6 Å². The molecule has 0 radical (unpaired) electrons. The monoisotopic (exact) mass is 332 g/mol. The number of aliphatic carboxylic acids is 1. The number of hydrogen-bond acceptors (Lipinski definition) is 4. The van der Waals surface area contributed by atoms with Crippen LogP contribution in [-0.2, 0) is 4.79 Å². The molecule has 0 fully saturated rings. The highest BCUT2D eigenvalue weighted by atomic mass is 16.4. The zero-order valence-electron chi connectivity index (χ0n) is 14.7. The topological polar surface area (TPSA) is 98.0 Å². The first-order valence-corrected chi connectivity index (χ1v) is 9.06. The molecular weight excluding hydrogens is 296 g/mol.